The lowest BCUT2D eigenvalue weighted by Gasteiger charge is -2.37. The molecule has 8 heteroatoms. The number of hydrogen-bond donors (Lipinski definition) is 1. The zero-order valence-electron chi connectivity index (χ0n) is 21.8. The highest BCUT2D eigenvalue weighted by atomic mass is 28.3. The second-order valence-electron chi connectivity index (χ2n) is 10.3. The number of ether oxygens (including phenoxy) is 2. The Morgan fingerprint density at radius 3 is 2.03 bits per heavy atom. The lowest BCUT2D eigenvalue weighted by atomic mass is 10.0. The van der Waals surface area contributed by atoms with E-state index in [0.717, 1.165) is 10.8 Å². The first kappa shape index (κ1) is 28.1. The number of alkyl carbamates (subject to hydrolysis) is 1. The average molecular weight is 499 g/mol. The Kier molecular flexibility index (Phi) is 9.65. The Labute approximate surface area is 209 Å². The van der Waals surface area contributed by atoms with Gasteiger partial charge in [-0.2, -0.15) is 0 Å². The van der Waals surface area contributed by atoms with Gasteiger partial charge in [0.25, 0.3) is 0 Å². The summed E-state index contributed by atoms with van der Waals surface area (Å²) < 4.78 is 10.5. The van der Waals surface area contributed by atoms with Crippen LogP contribution in [0, 0.1) is 0 Å². The average Bonchev–Trinajstić information content (AvgIpc) is 2.80. The smallest absolute Gasteiger partial charge is 0.408 e. The molecular formula is C27H38N2O5Si. The number of methoxy groups -OCH3 is 1. The van der Waals surface area contributed by atoms with Gasteiger partial charge in [-0.1, -0.05) is 78.9 Å². The number of amides is 2. The maximum atomic E-state index is 13.8. The van der Waals surface area contributed by atoms with Crippen molar-refractivity contribution in [3.05, 3.63) is 66.2 Å². The van der Waals surface area contributed by atoms with Gasteiger partial charge >= 0.3 is 12.1 Å². The van der Waals surface area contributed by atoms with Crippen molar-refractivity contribution in [3.8, 4) is 0 Å². The molecule has 0 bridgehead atoms. The molecule has 0 aliphatic rings. The quantitative estimate of drug-likeness (QED) is 0.421. The van der Waals surface area contributed by atoms with Crippen LogP contribution in [0.15, 0.2) is 60.7 Å². The van der Waals surface area contributed by atoms with E-state index in [1.807, 2.05) is 48.5 Å². The second kappa shape index (κ2) is 12.0. The van der Waals surface area contributed by atoms with Crippen LogP contribution in [0.2, 0.25) is 13.1 Å². The van der Waals surface area contributed by atoms with Gasteiger partial charge in [-0.25, -0.2) is 9.59 Å². The molecule has 190 valence electrons. The van der Waals surface area contributed by atoms with Gasteiger partial charge in [0.15, 0.2) is 0 Å². The van der Waals surface area contributed by atoms with Crippen LogP contribution in [0.4, 0.5) is 4.79 Å². The number of hydrogen-bond acceptors (Lipinski definition) is 5. The molecule has 0 heterocycles. The molecule has 0 spiro atoms. The van der Waals surface area contributed by atoms with Crippen molar-refractivity contribution >= 4 is 31.2 Å². The van der Waals surface area contributed by atoms with Crippen molar-refractivity contribution in [2.24, 2.45) is 0 Å². The van der Waals surface area contributed by atoms with Gasteiger partial charge in [-0.3, -0.25) is 4.79 Å². The predicted molar refractivity (Wildman–Crippen MR) is 140 cm³/mol. The third-order valence-corrected chi connectivity index (χ3v) is 8.66. The molecule has 0 saturated heterocycles. The molecule has 2 aromatic carbocycles. The number of esters is 1. The SMILES string of the molecule is COC(=O)[C@H](Cc1ccccc1)N(C[Si](C)(C)c1ccccc1)C(=O)[C@H](C)NC(=O)OC(C)(C)C. The first-order valence-corrected chi connectivity index (χ1v) is 15.0. The van der Waals surface area contributed by atoms with Crippen molar-refractivity contribution in [1.82, 2.24) is 10.2 Å². The van der Waals surface area contributed by atoms with E-state index in [-0.39, 0.29) is 5.91 Å². The molecule has 0 aliphatic carbocycles. The minimum absolute atomic E-state index is 0.303. The third kappa shape index (κ3) is 8.54. The molecule has 0 fully saturated rings. The van der Waals surface area contributed by atoms with Gasteiger partial charge in [-0.15, -0.1) is 0 Å². The van der Waals surface area contributed by atoms with Crippen molar-refractivity contribution in [2.45, 2.75) is 64.9 Å². The number of rotatable bonds is 9. The predicted octanol–water partition coefficient (Wildman–Crippen LogP) is 3.67. The zero-order valence-corrected chi connectivity index (χ0v) is 22.8. The van der Waals surface area contributed by atoms with E-state index in [2.05, 4.69) is 30.5 Å². The number of nitrogens with zero attached hydrogens (tertiary/aromatic N) is 1. The topological polar surface area (TPSA) is 84.9 Å². The van der Waals surface area contributed by atoms with Crippen LogP contribution in [0.25, 0.3) is 0 Å². The second-order valence-corrected chi connectivity index (χ2v) is 15.0. The molecule has 7 nitrogen and oxygen atoms in total. The van der Waals surface area contributed by atoms with Crippen LogP contribution in [-0.4, -0.2) is 61.9 Å². The van der Waals surface area contributed by atoms with Crippen LogP contribution in [0.1, 0.15) is 33.3 Å². The van der Waals surface area contributed by atoms with Crippen molar-refractivity contribution < 1.29 is 23.9 Å². The molecule has 0 saturated carbocycles. The van der Waals surface area contributed by atoms with Crippen molar-refractivity contribution in [2.75, 3.05) is 13.3 Å². The van der Waals surface area contributed by atoms with Crippen LogP contribution in [-0.2, 0) is 25.5 Å². The summed E-state index contributed by atoms with van der Waals surface area (Å²) in [6, 6.07) is 17.8. The number of carbonyl (C=O) groups excluding carboxylic acids is 3. The molecule has 35 heavy (non-hydrogen) atoms. The minimum Gasteiger partial charge on any atom is -0.467 e. The van der Waals surface area contributed by atoms with Crippen LogP contribution in [0.3, 0.4) is 0 Å². The van der Waals surface area contributed by atoms with Crippen LogP contribution < -0.4 is 10.5 Å². The van der Waals surface area contributed by atoms with E-state index in [1.54, 1.807) is 32.6 Å². The van der Waals surface area contributed by atoms with E-state index >= 15 is 0 Å². The minimum atomic E-state index is -2.21. The highest BCUT2D eigenvalue weighted by Gasteiger charge is 2.38. The van der Waals surface area contributed by atoms with Gasteiger partial charge in [0, 0.05) is 12.6 Å². The molecule has 0 radical (unpaired) electrons. The Balaban J connectivity index is 2.41. The first-order valence-electron chi connectivity index (χ1n) is 11.8. The fourth-order valence-electron chi connectivity index (χ4n) is 3.84. The summed E-state index contributed by atoms with van der Waals surface area (Å²) in [6.45, 7) is 11.2. The normalized spacial score (nSPS) is 13.3. The fraction of sp³-hybridized carbons (Fsp3) is 0.444. The summed E-state index contributed by atoms with van der Waals surface area (Å²) in [5.74, 6) is -0.858. The lowest BCUT2D eigenvalue weighted by molar-refractivity contribution is -0.152. The highest BCUT2D eigenvalue weighted by Crippen LogP contribution is 2.17. The maximum Gasteiger partial charge on any atom is 0.408 e. The van der Waals surface area contributed by atoms with Gasteiger partial charge < -0.3 is 19.7 Å². The van der Waals surface area contributed by atoms with Gasteiger partial charge in [-0.05, 0) is 33.3 Å². The van der Waals surface area contributed by atoms with Crippen LogP contribution >= 0.6 is 0 Å². The lowest BCUT2D eigenvalue weighted by Crippen LogP contribution is -2.61. The van der Waals surface area contributed by atoms with Gasteiger partial charge in [0.1, 0.15) is 25.8 Å². The zero-order chi connectivity index (χ0) is 26.2. The molecule has 2 aromatic rings. The van der Waals surface area contributed by atoms with E-state index < -0.39 is 37.8 Å². The largest absolute Gasteiger partial charge is 0.467 e. The number of carbonyl (C=O) groups is 3. The van der Waals surface area contributed by atoms with E-state index in [0.29, 0.717) is 12.6 Å². The third-order valence-electron chi connectivity index (χ3n) is 5.63. The van der Waals surface area contributed by atoms with Crippen molar-refractivity contribution in [3.63, 3.8) is 0 Å². The molecule has 2 atom stereocenters. The van der Waals surface area contributed by atoms with E-state index in [9.17, 15) is 14.4 Å². The fourth-order valence-corrected chi connectivity index (χ4v) is 6.34. The summed E-state index contributed by atoms with van der Waals surface area (Å²) in [7, 11) is -0.890. The number of nitrogens with one attached hydrogen (secondary N) is 1. The molecule has 1 N–H and O–H groups in total. The molecule has 2 rings (SSSR count). The van der Waals surface area contributed by atoms with E-state index in [4.69, 9.17) is 9.47 Å². The van der Waals surface area contributed by atoms with Gasteiger partial charge in [0.2, 0.25) is 5.91 Å². The Morgan fingerprint density at radius 1 is 0.971 bits per heavy atom. The Bertz CT molecular complexity index is 990. The Hall–Kier alpha value is -3.13. The number of benzene rings is 2. The summed E-state index contributed by atoms with van der Waals surface area (Å²) in [6.07, 6.45) is -0.00367. The molecule has 0 unspecified atom stereocenters. The van der Waals surface area contributed by atoms with Gasteiger partial charge in [0.05, 0.1) is 7.11 Å². The summed E-state index contributed by atoms with van der Waals surface area (Å²) in [5, 5.41) is 3.79. The summed E-state index contributed by atoms with van der Waals surface area (Å²) in [4.78, 5) is 40.7. The summed E-state index contributed by atoms with van der Waals surface area (Å²) in [5.41, 5.74) is 0.212. The molecular weight excluding hydrogens is 460 g/mol. The first-order chi connectivity index (χ1) is 16.3. The Morgan fingerprint density at radius 2 is 1.51 bits per heavy atom. The molecule has 0 aromatic heterocycles. The summed E-state index contributed by atoms with van der Waals surface area (Å²) >= 11 is 0. The van der Waals surface area contributed by atoms with E-state index in [1.165, 1.54) is 7.11 Å². The van der Waals surface area contributed by atoms with Crippen molar-refractivity contribution in [1.29, 1.82) is 0 Å². The molecule has 0 aliphatic heterocycles. The highest BCUT2D eigenvalue weighted by molar-refractivity contribution is 6.90. The standard InChI is InChI=1S/C27H38N2O5Si/c1-20(28-26(32)34-27(2,3)4)24(30)29(19-35(6,7)22-16-12-9-13-17-22)23(25(31)33-5)18-21-14-10-8-11-15-21/h8-17,20,23H,18-19H2,1-7H3,(H,28,32)/t20-,23-/m0/s1. The monoisotopic (exact) mass is 498 g/mol. The van der Waals surface area contributed by atoms with Crippen LogP contribution in [0.5, 0.6) is 0 Å². The molecule has 2 amide bonds. The maximum absolute atomic E-state index is 13.8.